The molecule has 0 aromatic rings. The van der Waals surface area contributed by atoms with Crippen LogP contribution in [0.1, 0.15) is 66.7 Å². The third-order valence-electron chi connectivity index (χ3n) is 3.19. The molecule has 80 valence electrons. The van der Waals surface area contributed by atoms with Crippen LogP contribution in [-0.2, 0) is 0 Å². The zero-order valence-corrected chi connectivity index (χ0v) is 10.3. The van der Waals surface area contributed by atoms with Crippen molar-refractivity contribution in [3.05, 3.63) is 0 Å². The minimum absolute atomic E-state index is 0.876. The summed E-state index contributed by atoms with van der Waals surface area (Å²) in [6.45, 7) is 11.7. The van der Waals surface area contributed by atoms with E-state index >= 15 is 0 Å². The molecule has 0 aromatic heterocycles. The fraction of sp³-hybridized carbons (Fsp3) is 1.00. The number of hydrogen-bond acceptors (Lipinski definition) is 0. The first kappa shape index (κ1) is 13.0. The molecule has 0 bridgehead atoms. The standard InChI is InChI=1S/C13H28/c1-6-8-13(7-2)12(5)10-9-11(3)4/h11-13H,6-10H2,1-5H3. The second-order valence-electron chi connectivity index (χ2n) is 4.91. The van der Waals surface area contributed by atoms with E-state index in [-0.39, 0.29) is 0 Å². The second kappa shape index (κ2) is 7.41. The summed E-state index contributed by atoms with van der Waals surface area (Å²) in [5, 5.41) is 0. The van der Waals surface area contributed by atoms with Gasteiger partial charge in [-0.2, -0.15) is 0 Å². The fourth-order valence-corrected chi connectivity index (χ4v) is 2.09. The molecule has 0 amide bonds. The molecule has 13 heavy (non-hydrogen) atoms. The molecule has 0 aliphatic rings. The van der Waals surface area contributed by atoms with Gasteiger partial charge in [-0.15, -0.1) is 0 Å². The van der Waals surface area contributed by atoms with Gasteiger partial charge >= 0.3 is 0 Å². The molecular weight excluding hydrogens is 156 g/mol. The summed E-state index contributed by atoms with van der Waals surface area (Å²) in [6, 6.07) is 0. The predicted octanol–water partition coefficient (Wildman–Crippen LogP) is 4.89. The monoisotopic (exact) mass is 184 g/mol. The highest BCUT2D eigenvalue weighted by Crippen LogP contribution is 2.26. The lowest BCUT2D eigenvalue weighted by atomic mass is 9.83. The average Bonchev–Trinajstić information content (AvgIpc) is 2.10. The first-order valence-electron chi connectivity index (χ1n) is 6.11. The molecule has 0 N–H and O–H groups in total. The Morgan fingerprint density at radius 1 is 0.846 bits per heavy atom. The van der Waals surface area contributed by atoms with Crippen LogP contribution in [0.15, 0.2) is 0 Å². The quantitative estimate of drug-likeness (QED) is 0.528. The molecule has 0 nitrogen and oxygen atoms in total. The maximum absolute atomic E-state index is 2.44. The van der Waals surface area contributed by atoms with Crippen LogP contribution in [0.4, 0.5) is 0 Å². The number of rotatable bonds is 7. The highest BCUT2D eigenvalue weighted by atomic mass is 14.2. The van der Waals surface area contributed by atoms with Crippen molar-refractivity contribution in [2.45, 2.75) is 66.7 Å². The molecule has 0 aliphatic carbocycles. The van der Waals surface area contributed by atoms with Crippen LogP contribution in [-0.4, -0.2) is 0 Å². The van der Waals surface area contributed by atoms with Gasteiger partial charge in [-0.3, -0.25) is 0 Å². The third kappa shape index (κ3) is 6.12. The van der Waals surface area contributed by atoms with E-state index in [4.69, 9.17) is 0 Å². The predicted molar refractivity (Wildman–Crippen MR) is 61.9 cm³/mol. The van der Waals surface area contributed by atoms with Crippen molar-refractivity contribution in [2.24, 2.45) is 17.8 Å². The van der Waals surface area contributed by atoms with Gasteiger partial charge in [-0.1, -0.05) is 66.7 Å². The van der Waals surface area contributed by atoms with Crippen molar-refractivity contribution in [3.63, 3.8) is 0 Å². The van der Waals surface area contributed by atoms with E-state index in [1.165, 1.54) is 32.1 Å². The van der Waals surface area contributed by atoms with Crippen molar-refractivity contribution < 1.29 is 0 Å². The minimum atomic E-state index is 0.876. The summed E-state index contributed by atoms with van der Waals surface area (Å²) in [5.41, 5.74) is 0. The van der Waals surface area contributed by atoms with E-state index < -0.39 is 0 Å². The Hall–Kier alpha value is 0. The molecule has 0 saturated heterocycles. The van der Waals surface area contributed by atoms with Gasteiger partial charge in [0.2, 0.25) is 0 Å². The normalized spacial score (nSPS) is 16.2. The lowest BCUT2D eigenvalue weighted by Gasteiger charge is -2.22. The number of hydrogen-bond donors (Lipinski definition) is 0. The van der Waals surface area contributed by atoms with Crippen LogP contribution in [0.3, 0.4) is 0 Å². The Morgan fingerprint density at radius 2 is 1.46 bits per heavy atom. The Bertz CT molecular complexity index is 105. The van der Waals surface area contributed by atoms with E-state index in [0.29, 0.717) is 0 Å². The van der Waals surface area contributed by atoms with Crippen molar-refractivity contribution >= 4 is 0 Å². The van der Waals surface area contributed by atoms with Crippen LogP contribution < -0.4 is 0 Å². The third-order valence-corrected chi connectivity index (χ3v) is 3.19. The van der Waals surface area contributed by atoms with Gasteiger partial charge in [-0.25, -0.2) is 0 Å². The Balaban J connectivity index is 3.69. The van der Waals surface area contributed by atoms with Crippen LogP contribution in [0.5, 0.6) is 0 Å². The van der Waals surface area contributed by atoms with Gasteiger partial charge in [0.25, 0.3) is 0 Å². The van der Waals surface area contributed by atoms with Gasteiger partial charge in [0.05, 0.1) is 0 Å². The first-order valence-corrected chi connectivity index (χ1v) is 6.11. The van der Waals surface area contributed by atoms with E-state index in [2.05, 4.69) is 34.6 Å². The van der Waals surface area contributed by atoms with Crippen molar-refractivity contribution in [1.82, 2.24) is 0 Å². The Morgan fingerprint density at radius 3 is 1.85 bits per heavy atom. The minimum Gasteiger partial charge on any atom is -0.0654 e. The lowest BCUT2D eigenvalue weighted by Crippen LogP contribution is -2.11. The summed E-state index contributed by atoms with van der Waals surface area (Å²) >= 11 is 0. The highest BCUT2D eigenvalue weighted by Gasteiger charge is 2.14. The van der Waals surface area contributed by atoms with E-state index in [1.807, 2.05) is 0 Å². The summed E-state index contributed by atoms with van der Waals surface area (Å²) in [6.07, 6.45) is 6.98. The molecule has 0 fully saturated rings. The summed E-state index contributed by atoms with van der Waals surface area (Å²) < 4.78 is 0. The van der Waals surface area contributed by atoms with Gasteiger partial charge in [0.15, 0.2) is 0 Å². The molecule has 2 atom stereocenters. The van der Waals surface area contributed by atoms with Crippen molar-refractivity contribution in [3.8, 4) is 0 Å². The zero-order valence-electron chi connectivity index (χ0n) is 10.3. The van der Waals surface area contributed by atoms with E-state index in [1.54, 1.807) is 0 Å². The molecule has 0 radical (unpaired) electrons. The largest absolute Gasteiger partial charge is 0.0654 e. The SMILES string of the molecule is CCCC(CC)C(C)CCC(C)C. The van der Waals surface area contributed by atoms with Gasteiger partial charge in [0.1, 0.15) is 0 Å². The maximum atomic E-state index is 2.44. The van der Waals surface area contributed by atoms with Gasteiger partial charge in [0, 0.05) is 0 Å². The van der Waals surface area contributed by atoms with E-state index in [9.17, 15) is 0 Å². The fourth-order valence-electron chi connectivity index (χ4n) is 2.09. The average molecular weight is 184 g/mol. The van der Waals surface area contributed by atoms with Gasteiger partial charge in [-0.05, 0) is 17.8 Å². The Labute approximate surface area is 85.1 Å². The van der Waals surface area contributed by atoms with Crippen molar-refractivity contribution in [2.75, 3.05) is 0 Å². The smallest absolute Gasteiger partial charge is 0.0391 e. The molecule has 0 aromatic carbocycles. The summed E-state index contributed by atoms with van der Waals surface area (Å²) in [4.78, 5) is 0. The highest BCUT2D eigenvalue weighted by molar-refractivity contribution is 4.65. The Kier molecular flexibility index (Phi) is 7.41. The molecule has 0 aliphatic heterocycles. The van der Waals surface area contributed by atoms with Gasteiger partial charge < -0.3 is 0 Å². The molecule has 0 saturated carbocycles. The summed E-state index contributed by atoms with van der Waals surface area (Å²) in [5.74, 6) is 2.79. The second-order valence-corrected chi connectivity index (χ2v) is 4.91. The molecule has 0 heteroatoms. The van der Waals surface area contributed by atoms with E-state index in [0.717, 1.165) is 17.8 Å². The molecular formula is C13H28. The lowest BCUT2D eigenvalue weighted by molar-refractivity contribution is 0.289. The van der Waals surface area contributed by atoms with Crippen LogP contribution in [0, 0.1) is 17.8 Å². The van der Waals surface area contributed by atoms with Crippen LogP contribution >= 0.6 is 0 Å². The molecule has 2 unspecified atom stereocenters. The molecule has 0 rings (SSSR count). The maximum Gasteiger partial charge on any atom is -0.0391 e. The first-order chi connectivity index (χ1) is 6.11. The summed E-state index contributed by atoms with van der Waals surface area (Å²) in [7, 11) is 0. The van der Waals surface area contributed by atoms with Crippen LogP contribution in [0.25, 0.3) is 0 Å². The van der Waals surface area contributed by atoms with Crippen LogP contribution in [0.2, 0.25) is 0 Å². The topological polar surface area (TPSA) is 0 Å². The zero-order chi connectivity index (χ0) is 10.3. The van der Waals surface area contributed by atoms with Crippen molar-refractivity contribution in [1.29, 1.82) is 0 Å². The molecule has 0 heterocycles. The molecule has 0 spiro atoms.